The molecule has 0 spiro atoms. The number of aliphatic hydroxyl groups excluding tert-OH is 1. The Kier molecular flexibility index (Phi) is 5.29. The Labute approximate surface area is 100 Å². The number of nitrogens with one attached hydrogen (secondary N) is 1. The van der Waals surface area contributed by atoms with E-state index in [1.807, 2.05) is 24.3 Å². The van der Waals surface area contributed by atoms with Gasteiger partial charge in [-0.05, 0) is 12.1 Å². The summed E-state index contributed by atoms with van der Waals surface area (Å²) in [5.41, 5.74) is 0.827. The van der Waals surface area contributed by atoms with E-state index in [2.05, 4.69) is 10.1 Å². The zero-order valence-electron chi connectivity index (χ0n) is 9.97. The Morgan fingerprint density at radius 2 is 2.24 bits per heavy atom. The summed E-state index contributed by atoms with van der Waals surface area (Å²) in [5, 5.41) is 12.6. The summed E-state index contributed by atoms with van der Waals surface area (Å²) in [5.74, 6) is 0.308. The van der Waals surface area contributed by atoms with Gasteiger partial charge in [-0.15, -0.1) is 0 Å². The third-order valence-electron chi connectivity index (χ3n) is 2.24. The van der Waals surface area contributed by atoms with Gasteiger partial charge in [0.25, 0.3) is 0 Å². The molecule has 1 rings (SSSR count). The van der Waals surface area contributed by atoms with Crippen molar-refractivity contribution in [3.63, 3.8) is 0 Å². The molecule has 0 bridgehead atoms. The molecule has 1 aromatic rings. The molecule has 0 aliphatic heterocycles. The summed E-state index contributed by atoms with van der Waals surface area (Å²) in [6.07, 6.45) is -0.790. The van der Waals surface area contributed by atoms with Crippen LogP contribution in [0.25, 0.3) is 0 Å². The van der Waals surface area contributed by atoms with Crippen molar-refractivity contribution in [2.75, 3.05) is 26.1 Å². The van der Waals surface area contributed by atoms with Crippen molar-refractivity contribution in [2.24, 2.45) is 0 Å². The maximum absolute atomic E-state index is 10.9. The average Bonchev–Trinajstić information content (AvgIpc) is 2.36. The third kappa shape index (κ3) is 4.74. The van der Waals surface area contributed by atoms with Gasteiger partial charge in [-0.25, -0.2) is 0 Å². The van der Waals surface area contributed by atoms with Crippen molar-refractivity contribution in [1.29, 1.82) is 0 Å². The number of ether oxygens (including phenoxy) is 2. The molecule has 0 aliphatic rings. The van der Waals surface area contributed by atoms with Crippen molar-refractivity contribution in [3.05, 3.63) is 24.3 Å². The average molecular weight is 239 g/mol. The van der Waals surface area contributed by atoms with Gasteiger partial charge in [-0.3, -0.25) is 4.79 Å². The minimum Gasteiger partial charge on any atom is -0.497 e. The predicted molar refractivity (Wildman–Crippen MR) is 64.1 cm³/mol. The molecule has 1 atom stereocenters. The van der Waals surface area contributed by atoms with Crippen LogP contribution >= 0.6 is 0 Å². The first-order valence-electron chi connectivity index (χ1n) is 5.28. The van der Waals surface area contributed by atoms with Crippen molar-refractivity contribution in [3.8, 4) is 5.75 Å². The Bertz CT molecular complexity index is 367. The number of aliphatic hydroxyl groups is 1. The molecule has 1 aromatic carbocycles. The van der Waals surface area contributed by atoms with Crippen LogP contribution in [0.15, 0.2) is 24.3 Å². The minimum absolute atomic E-state index is 0.0204. The molecule has 0 fully saturated rings. The highest BCUT2D eigenvalue weighted by Gasteiger charge is 2.10. The standard InChI is InChI=1S/C12H17NO4/c1-16-11-5-3-4-9(6-11)13-8-10(14)7-12(15)17-2/h3-6,10,13-14H,7-8H2,1-2H3. The quantitative estimate of drug-likeness (QED) is 0.726. The monoisotopic (exact) mass is 239 g/mol. The molecular weight excluding hydrogens is 222 g/mol. The van der Waals surface area contributed by atoms with E-state index in [9.17, 15) is 9.90 Å². The van der Waals surface area contributed by atoms with E-state index in [1.54, 1.807) is 7.11 Å². The summed E-state index contributed by atoms with van der Waals surface area (Å²) in [6, 6.07) is 7.34. The van der Waals surface area contributed by atoms with Crippen LogP contribution in [-0.4, -0.2) is 37.9 Å². The van der Waals surface area contributed by atoms with Crippen molar-refractivity contribution >= 4 is 11.7 Å². The molecule has 2 N–H and O–H groups in total. The van der Waals surface area contributed by atoms with Crippen LogP contribution in [0.5, 0.6) is 5.75 Å². The van der Waals surface area contributed by atoms with Gasteiger partial charge in [0.2, 0.25) is 0 Å². The molecule has 0 aliphatic carbocycles. The van der Waals surface area contributed by atoms with Gasteiger partial charge in [0.05, 0.1) is 26.7 Å². The molecular formula is C12H17NO4. The SMILES string of the molecule is COC(=O)CC(O)CNc1cccc(OC)c1. The molecule has 17 heavy (non-hydrogen) atoms. The number of anilines is 1. The number of carbonyl (C=O) groups is 1. The lowest BCUT2D eigenvalue weighted by Gasteiger charge is -2.12. The molecule has 0 heterocycles. The lowest BCUT2D eigenvalue weighted by atomic mass is 10.2. The second kappa shape index (κ2) is 6.75. The van der Waals surface area contributed by atoms with E-state index >= 15 is 0 Å². The summed E-state index contributed by atoms with van der Waals surface area (Å²) in [4.78, 5) is 10.9. The van der Waals surface area contributed by atoms with Crippen molar-refractivity contribution in [2.45, 2.75) is 12.5 Å². The first-order valence-corrected chi connectivity index (χ1v) is 5.28. The van der Waals surface area contributed by atoms with Gasteiger partial charge in [-0.2, -0.15) is 0 Å². The van der Waals surface area contributed by atoms with Crippen LogP contribution in [0.3, 0.4) is 0 Å². The molecule has 1 unspecified atom stereocenters. The second-order valence-corrected chi connectivity index (χ2v) is 3.55. The number of carbonyl (C=O) groups excluding carboxylic acids is 1. The fourth-order valence-corrected chi connectivity index (χ4v) is 1.32. The molecule has 0 saturated carbocycles. The first kappa shape index (κ1) is 13.3. The van der Waals surface area contributed by atoms with E-state index in [-0.39, 0.29) is 13.0 Å². The molecule has 0 aromatic heterocycles. The van der Waals surface area contributed by atoms with Crippen LogP contribution in [0, 0.1) is 0 Å². The zero-order valence-corrected chi connectivity index (χ0v) is 9.97. The third-order valence-corrected chi connectivity index (χ3v) is 2.24. The lowest BCUT2D eigenvalue weighted by molar-refractivity contribution is -0.142. The van der Waals surface area contributed by atoms with Crippen LogP contribution in [0.4, 0.5) is 5.69 Å². The van der Waals surface area contributed by atoms with E-state index in [0.717, 1.165) is 11.4 Å². The summed E-state index contributed by atoms with van der Waals surface area (Å²) in [6.45, 7) is 0.280. The predicted octanol–water partition coefficient (Wildman–Crippen LogP) is 1.03. The molecule has 5 heteroatoms. The van der Waals surface area contributed by atoms with Gasteiger partial charge in [0, 0.05) is 18.3 Å². The normalized spacial score (nSPS) is 11.7. The zero-order chi connectivity index (χ0) is 12.7. The number of methoxy groups -OCH3 is 2. The van der Waals surface area contributed by atoms with E-state index in [1.165, 1.54) is 7.11 Å². The van der Waals surface area contributed by atoms with Crippen LogP contribution in [0.2, 0.25) is 0 Å². The molecule has 5 nitrogen and oxygen atoms in total. The Hall–Kier alpha value is -1.75. The fourth-order valence-electron chi connectivity index (χ4n) is 1.32. The largest absolute Gasteiger partial charge is 0.497 e. The van der Waals surface area contributed by atoms with Gasteiger partial charge >= 0.3 is 5.97 Å². The van der Waals surface area contributed by atoms with Crippen molar-refractivity contribution < 1.29 is 19.4 Å². The molecule has 0 amide bonds. The summed E-state index contributed by atoms with van der Waals surface area (Å²) < 4.78 is 9.53. The molecule has 94 valence electrons. The summed E-state index contributed by atoms with van der Waals surface area (Å²) in [7, 11) is 2.88. The number of esters is 1. The maximum atomic E-state index is 10.9. The smallest absolute Gasteiger partial charge is 0.308 e. The minimum atomic E-state index is -0.770. The lowest BCUT2D eigenvalue weighted by Crippen LogP contribution is -2.23. The molecule has 0 saturated heterocycles. The van der Waals surface area contributed by atoms with E-state index in [4.69, 9.17) is 4.74 Å². The number of rotatable bonds is 6. The molecule has 0 radical (unpaired) electrons. The van der Waals surface area contributed by atoms with Crippen LogP contribution in [-0.2, 0) is 9.53 Å². The van der Waals surface area contributed by atoms with Gasteiger partial charge in [0.1, 0.15) is 5.75 Å². The maximum Gasteiger partial charge on any atom is 0.308 e. The topological polar surface area (TPSA) is 67.8 Å². The van der Waals surface area contributed by atoms with Gasteiger partial charge in [0.15, 0.2) is 0 Å². The first-order chi connectivity index (χ1) is 8.15. The van der Waals surface area contributed by atoms with Gasteiger partial charge < -0.3 is 19.9 Å². The van der Waals surface area contributed by atoms with Crippen molar-refractivity contribution in [1.82, 2.24) is 0 Å². The fraction of sp³-hybridized carbons (Fsp3) is 0.417. The highest BCUT2D eigenvalue weighted by atomic mass is 16.5. The Morgan fingerprint density at radius 1 is 1.47 bits per heavy atom. The Balaban J connectivity index is 2.41. The second-order valence-electron chi connectivity index (χ2n) is 3.55. The van der Waals surface area contributed by atoms with Gasteiger partial charge in [-0.1, -0.05) is 6.07 Å². The Morgan fingerprint density at radius 3 is 2.88 bits per heavy atom. The van der Waals surface area contributed by atoms with Crippen LogP contribution in [0.1, 0.15) is 6.42 Å². The number of hydrogen-bond donors (Lipinski definition) is 2. The van der Waals surface area contributed by atoms with Crippen LogP contribution < -0.4 is 10.1 Å². The summed E-state index contributed by atoms with van der Waals surface area (Å²) >= 11 is 0. The highest BCUT2D eigenvalue weighted by molar-refractivity contribution is 5.69. The number of benzene rings is 1. The number of hydrogen-bond acceptors (Lipinski definition) is 5. The highest BCUT2D eigenvalue weighted by Crippen LogP contribution is 2.16. The van der Waals surface area contributed by atoms with E-state index < -0.39 is 12.1 Å². The van der Waals surface area contributed by atoms with E-state index in [0.29, 0.717) is 0 Å².